The molecule has 1 aliphatic heterocycles. The van der Waals surface area contributed by atoms with Crippen LogP contribution in [-0.4, -0.2) is 35.0 Å². The van der Waals surface area contributed by atoms with E-state index in [2.05, 4.69) is 12.1 Å². The summed E-state index contributed by atoms with van der Waals surface area (Å²) in [6.45, 7) is 4.60. The van der Waals surface area contributed by atoms with Crippen molar-refractivity contribution in [1.82, 2.24) is 4.90 Å². The van der Waals surface area contributed by atoms with Crippen molar-refractivity contribution in [2.75, 3.05) is 13.1 Å². The Bertz CT molecular complexity index is 496. The van der Waals surface area contributed by atoms with Gasteiger partial charge in [0.2, 0.25) is 5.91 Å². The molecule has 1 saturated heterocycles. The van der Waals surface area contributed by atoms with E-state index >= 15 is 0 Å². The van der Waals surface area contributed by atoms with Crippen LogP contribution in [0.2, 0.25) is 0 Å². The molecule has 0 aromatic heterocycles. The lowest BCUT2D eigenvalue weighted by Crippen LogP contribution is -2.35. The van der Waals surface area contributed by atoms with Crippen molar-refractivity contribution < 1.29 is 14.7 Å². The Morgan fingerprint density at radius 2 is 1.95 bits per heavy atom. The van der Waals surface area contributed by atoms with Gasteiger partial charge in [-0.3, -0.25) is 9.59 Å². The average molecular weight is 275 g/mol. The number of hydrogen-bond donors (Lipinski definition) is 1. The molecule has 1 unspecified atom stereocenters. The first-order valence-corrected chi connectivity index (χ1v) is 6.96. The summed E-state index contributed by atoms with van der Waals surface area (Å²) in [5, 5.41) is 9.09. The molecule has 1 fully saturated rings. The van der Waals surface area contributed by atoms with E-state index in [1.165, 1.54) is 5.56 Å². The van der Waals surface area contributed by atoms with Crippen LogP contribution in [0.25, 0.3) is 0 Å². The minimum absolute atomic E-state index is 0.0594. The highest BCUT2D eigenvalue weighted by Crippen LogP contribution is 2.29. The average Bonchev–Trinajstić information content (AvgIpc) is 2.88. The van der Waals surface area contributed by atoms with Gasteiger partial charge < -0.3 is 10.0 Å². The highest BCUT2D eigenvalue weighted by molar-refractivity contribution is 5.84. The third-order valence-electron chi connectivity index (χ3n) is 3.98. The molecule has 1 N–H and O–H groups in total. The number of benzene rings is 1. The Balaban J connectivity index is 1.96. The molecule has 1 amide bonds. The third kappa shape index (κ3) is 3.18. The van der Waals surface area contributed by atoms with Crippen LogP contribution in [0.1, 0.15) is 38.2 Å². The van der Waals surface area contributed by atoms with E-state index in [-0.39, 0.29) is 12.3 Å². The number of carbonyl (C=O) groups excluding carboxylic acids is 1. The second-order valence-electron chi connectivity index (χ2n) is 6.10. The van der Waals surface area contributed by atoms with Gasteiger partial charge in [0.05, 0.1) is 5.41 Å². The van der Waals surface area contributed by atoms with Gasteiger partial charge in [-0.25, -0.2) is 0 Å². The predicted octanol–water partition coefficient (Wildman–Crippen LogP) is 2.50. The maximum Gasteiger partial charge on any atom is 0.309 e. The summed E-state index contributed by atoms with van der Waals surface area (Å²) < 4.78 is 0. The predicted molar refractivity (Wildman–Crippen MR) is 76.4 cm³/mol. The molecule has 1 heterocycles. The van der Waals surface area contributed by atoms with Crippen molar-refractivity contribution in [3.05, 3.63) is 35.9 Å². The highest BCUT2D eigenvalue weighted by atomic mass is 16.4. The van der Waals surface area contributed by atoms with E-state index in [1.54, 1.807) is 18.7 Å². The van der Waals surface area contributed by atoms with Gasteiger partial charge in [0.25, 0.3) is 0 Å². The largest absolute Gasteiger partial charge is 0.481 e. The van der Waals surface area contributed by atoms with Gasteiger partial charge in [-0.1, -0.05) is 30.3 Å². The van der Waals surface area contributed by atoms with Crippen LogP contribution in [0.5, 0.6) is 0 Å². The molecule has 0 aliphatic carbocycles. The molecular weight excluding hydrogens is 254 g/mol. The number of amides is 1. The SMILES string of the molecule is CC(C)(CC(=O)N1CCC(c2ccccc2)C1)C(=O)O. The molecule has 0 spiro atoms. The van der Waals surface area contributed by atoms with Gasteiger partial charge >= 0.3 is 5.97 Å². The zero-order chi connectivity index (χ0) is 14.8. The van der Waals surface area contributed by atoms with Crippen LogP contribution in [0, 0.1) is 5.41 Å². The van der Waals surface area contributed by atoms with Gasteiger partial charge in [0.1, 0.15) is 0 Å². The molecule has 0 bridgehead atoms. The normalized spacial score (nSPS) is 19.1. The van der Waals surface area contributed by atoms with Gasteiger partial charge in [-0.15, -0.1) is 0 Å². The van der Waals surface area contributed by atoms with Crippen molar-refractivity contribution in [3.8, 4) is 0 Å². The van der Waals surface area contributed by atoms with E-state index in [0.29, 0.717) is 19.0 Å². The molecule has 108 valence electrons. The molecule has 4 nitrogen and oxygen atoms in total. The number of rotatable bonds is 4. The van der Waals surface area contributed by atoms with E-state index in [4.69, 9.17) is 5.11 Å². The van der Waals surface area contributed by atoms with E-state index in [1.807, 2.05) is 18.2 Å². The Morgan fingerprint density at radius 3 is 2.55 bits per heavy atom. The molecule has 2 rings (SSSR count). The summed E-state index contributed by atoms with van der Waals surface area (Å²) in [7, 11) is 0. The van der Waals surface area contributed by atoms with Crippen molar-refractivity contribution in [3.63, 3.8) is 0 Å². The molecule has 1 aliphatic rings. The molecule has 20 heavy (non-hydrogen) atoms. The molecule has 4 heteroatoms. The summed E-state index contributed by atoms with van der Waals surface area (Å²) in [4.78, 5) is 25.1. The topological polar surface area (TPSA) is 57.6 Å². The molecular formula is C16H21NO3. The zero-order valence-electron chi connectivity index (χ0n) is 12.0. The third-order valence-corrected chi connectivity index (χ3v) is 3.98. The number of nitrogens with zero attached hydrogens (tertiary/aromatic N) is 1. The van der Waals surface area contributed by atoms with Crippen molar-refractivity contribution in [2.45, 2.75) is 32.6 Å². The smallest absolute Gasteiger partial charge is 0.309 e. The van der Waals surface area contributed by atoms with Gasteiger partial charge in [0.15, 0.2) is 0 Å². The van der Waals surface area contributed by atoms with Crippen LogP contribution < -0.4 is 0 Å². The number of carboxylic acids is 1. The van der Waals surface area contributed by atoms with Crippen LogP contribution in [0.15, 0.2) is 30.3 Å². The summed E-state index contributed by atoms with van der Waals surface area (Å²) in [5.74, 6) is -0.617. The zero-order valence-corrected chi connectivity index (χ0v) is 12.0. The summed E-state index contributed by atoms with van der Waals surface area (Å²) in [5.41, 5.74) is 0.252. The maximum absolute atomic E-state index is 12.2. The minimum Gasteiger partial charge on any atom is -0.481 e. The Hall–Kier alpha value is -1.84. The molecule has 0 saturated carbocycles. The molecule has 1 atom stereocenters. The fourth-order valence-electron chi connectivity index (χ4n) is 2.55. The van der Waals surface area contributed by atoms with Gasteiger partial charge in [0, 0.05) is 25.4 Å². The standard InChI is InChI=1S/C16H21NO3/c1-16(2,15(19)20)10-14(18)17-9-8-13(11-17)12-6-4-3-5-7-12/h3-7,13H,8-11H2,1-2H3,(H,19,20). The van der Waals surface area contributed by atoms with Gasteiger partial charge in [-0.2, -0.15) is 0 Å². The summed E-state index contributed by atoms with van der Waals surface area (Å²) in [6.07, 6.45) is 1.01. The lowest BCUT2D eigenvalue weighted by Gasteiger charge is -2.23. The number of aliphatic carboxylic acids is 1. The van der Waals surface area contributed by atoms with Gasteiger partial charge in [-0.05, 0) is 25.8 Å². The first-order valence-electron chi connectivity index (χ1n) is 6.96. The van der Waals surface area contributed by atoms with Crippen molar-refractivity contribution in [1.29, 1.82) is 0 Å². The summed E-state index contributed by atoms with van der Waals surface area (Å²) >= 11 is 0. The van der Waals surface area contributed by atoms with E-state index < -0.39 is 11.4 Å². The molecule has 0 radical (unpaired) electrons. The second-order valence-corrected chi connectivity index (χ2v) is 6.10. The fourth-order valence-corrected chi connectivity index (χ4v) is 2.55. The summed E-state index contributed by atoms with van der Waals surface area (Å²) in [6, 6.07) is 10.2. The first-order chi connectivity index (χ1) is 9.40. The highest BCUT2D eigenvalue weighted by Gasteiger charge is 2.34. The van der Waals surface area contributed by atoms with Crippen molar-refractivity contribution in [2.24, 2.45) is 5.41 Å². The van der Waals surface area contributed by atoms with E-state index in [9.17, 15) is 9.59 Å². The van der Waals surface area contributed by atoms with Crippen LogP contribution in [0.3, 0.4) is 0 Å². The first kappa shape index (κ1) is 14.6. The quantitative estimate of drug-likeness (QED) is 0.918. The molecule has 1 aromatic carbocycles. The monoisotopic (exact) mass is 275 g/mol. The van der Waals surface area contributed by atoms with Crippen LogP contribution in [0.4, 0.5) is 0 Å². The fraction of sp³-hybridized carbons (Fsp3) is 0.500. The Kier molecular flexibility index (Phi) is 4.12. The van der Waals surface area contributed by atoms with Crippen LogP contribution >= 0.6 is 0 Å². The number of hydrogen-bond acceptors (Lipinski definition) is 2. The lowest BCUT2D eigenvalue weighted by molar-refractivity contribution is -0.151. The number of carbonyl (C=O) groups is 2. The minimum atomic E-state index is -0.998. The maximum atomic E-state index is 12.2. The Labute approximate surface area is 119 Å². The Morgan fingerprint density at radius 1 is 1.30 bits per heavy atom. The number of likely N-dealkylation sites (tertiary alicyclic amines) is 1. The second kappa shape index (κ2) is 5.65. The number of carboxylic acid groups (broad SMARTS) is 1. The van der Waals surface area contributed by atoms with Crippen molar-refractivity contribution >= 4 is 11.9 Å². The lowest BCUT2D eigenvalue weighted by atomic mass is 9.89. The van der Waals surface area contributed by atoms with Crippen LogP contribution in [-0.2, 0) is 9.59 Å². The van der Waals surface area contributed by atoms with E-state index in [0.717, 1.165) is 6.42 Å². The molecule has 1 aromatic rings.